The van der Waals surface area contributed by atoms with Gasteiger partial charge in [0, 0.05) is 6.54 Å². The second-order valence-corrected chi connectivity index (χ2v) is 10.3. The average molecular weight is 560 g/mol. The number of hydrogen-bond acceptors (Lipinski definition) is 4. The number of nitrogens with zero attached hydrogens (tertiary/aromatic N) is 3. The second-order valence-electron chi connectivity index (χ2n) is 10.3. The molecule has 1 atom stereocenters. The molecule has 1 heterocycles. The summed E-state index contributed by atoms with van der Waals surface area (Å²) in [5.41, 5.74) is 3.00. The van der Waals surface area contributed by atoms with Gasteiger partial charge in [0.05, 0.1) is 35.2 Å². The van der Waals surface area contributed by atoms with Crippen molar-refractivity contribution >= 4 is 16.8 Å². The van der Waals surface area contributed by atoms with Gasteiger partial charge in [-0.3, -0.25) is 14.2 Å². The lowest BCUT2D eigenvalue weighted by atomic mass is 9.89. The molecule has 1 unspecified atom stereocenters. The predicted octanol–water partition coefficient (Wildman–Crippen LogP) is 7.31. The van der Waals surface area contributed by atoms with Gasteiger partial charge in [-0.05, 0) is 67.3 Å². The Morgan fingerprint density at radius 2 is 1.40 bits per heavy atom. The third kappa shape index (κ3) is 5.84. The van der Waals surface area contributed by atoms with Gasteiger partial charge in [-0.1, -0.05) is 86.6 Å². The number of benzene rings is 4. The normalized spacial score (nSPS) is 11.9. The zero-order chi connectivity index (χ0) is 29.5. The van der Waals surface area contributed by atoms with Crippen LogP contribution in [0.2, 0.25) is 0 Å². The van der Waals surface area contributed by atoms with Crippen molar-refractivity contribution in [1.29, 1.82) is 0 Å². The first kappa shape index (κ1) is 28.8. The Balaban J connectivity index is 1.69. The number of ether oxygens (including phenoxy) is 1. The van der Waals surface area contributed by atoms with Crippen molar-refractivity contribution in [3.8, 4) is 11.4 Å². The molecule has 5 rings (SSSR count). The molecule has 1 amide bonds. The SMILES string of the molecule is CCCN(C(=O)C(c1ccccc1)c1ccccc1)C(CC)c1nc2ccccc2c(=O)n1-c1ccc(OCC)cc1. The fourth-order valence-corrected chi connectivity index (χ4v) is 5.62. The molecule has 0 saturated heterocycles. The molecular weight excluding hydrogens is 522 g/mol. The molecule has 0 aliphatic heterocycles. The van der Waals surface area contributed by atoms with Gasteiger partial charge in [0.1, 0.15) is 11.6 Å². The van der Waals surface area contributed by atoms with Crippen molar-refractivity contribution in [3.63, 3.8) is 0 Å². The highest BCUT2D eigenvalue weighted by atomic mass is 16.5. The van der Waals surface area contributed by atoms with Crippen molar-refractivity contribution in [2.45, 2.75) is 45.6 Å². The molecule has 0 saturated carbocycles. The maximum atomic E-state index is 14.7. The fraction of sp³-hybridized carbons (Fsp3) is 0.250. The maximum absolute atomic E-state index is 14.7. The number of aromatic nitrogens is 2. The summed E-state index contributed by atoms with van der Waals surface area (Å²) in [6, 6.07) is 34.2. The van der Waals surface area contributed by atoms with Crippen molar-refractivity contribution in [1.82, 2.24) is 14.5 Å². The molecule has 1 aromatic heterocycles. The molecule has 0 spiro atoms. The summed E-state index contributed by atoms with van der Waals surface area (Å²) < 4.78 is 7.32. The van der Waals surface area contributed by atoms with E-state index in [2.05, 4.69) is 6.92 Å². The Labute approximate surface area is 247 Å². The summed E-state index contributed by atoms with van der Waals surface area (Å²) in [4.78, 5) is 35.8. The first-order valence-electron chi connectivity index (χ1n) is 14.7. The largest absolute Gasteiger partial charge is 0.494 e. The Morgan fingerprint density at radius 3 is 1.98 bits per heavy atom. The summed E-state index contributed by atoms with van der Waals surface area (Å²) in [5, 5.41) is 0.532. The Morgan fingerprint density at radius 1 is 0.810 bits per heavy atom. The first-order valence-corrected chi connectivity index (χ1v) is 14.7. The highest BCUT2D eigenvalue weighted by Gasteiger charge is 2.34. The highest BCUT2D eigenvalue weighted by Crippen LogP contribution is 2.33. The van der Waals surface area contributed by atoms with Crippen LogP contribution in [0, 0.1) is 0 Å². The van der Waals surface area contributed by atoms with E-state index in [4.69, 9.17) is 9.72 Å². The Bertz CT molecular complexity index is 1640. The smallest absolute Gasteiger partial charge is 0.266 e. The van der Waals surface area contributed by atoms with E-state index in [1.165, 1.54) is 0 Å². The second kappa shape index (κ2) is 13.3. The van der Waals surface area contributed by atoms with Gasteiger partial charge < -0.3 is 9.64 Å². The molecule has 42 heavy (non-hydrogen) atoms. The van der Waals surface area contributed by atoms with Crippen LogP contribution in [-0.2, 0) is 4.79 Å². The highest BCUT2D eigenvalue weighted by molar-refractivity contribution is 5.87. The Kier molecular flexibility index (Phi) is 9.12. The van der Waals surface area contributed by atoms with Crippen LogP contribution in [0.3, 0.4) is 0 Å². The van der Waals surface area contributed by atoms with Crippen molar-refractivity contribution in [3.05, 3.63) is 136 Å². The van der Waals surface area contributed by atoms with E-state index in [1.54, 1.807) is 10.6 Å². The average Bonchev–Trinajstić information content (AvgIpc) is 3.03. The zero-order valence-corrected chi connectivity index (χ0v) is 24.4. The van der Waals surface area contributed by atoms with Crippen molar-refractivity contribution < 1.29 is 9.53 Å². The summed E-state index contributed by atoms with van der Waals surface area (Å²) in [7, 11) is 0. The minimum atomic E-state index is -0.487. The summed E-state index contributed by atoms with van der Waals surface area (Å²) in [5.74, 6) is 0.779. The molecule has 0 N–H and O–H groups in total. The number of para-hydroxylation sites is 1. The molecule has 0 aliphatic rings. The molecule has 214 valence electrons. The van der Waals surface area contributed by atoms with Crippen LogP contribution < -0.4 is 10.3 Å². The van der Waals surface area contributed by atoms with E-state index >= 15 is 0 Å². The molecule has 0 aliphatic carbocycles. The van der Waals surface area contributed by atoms with E-state index < -0.39 is 12.0 Å². The van der Waals surface area contributed by atoms with Gasteiger partial charge in [-0.15, -0.1) is 0 Å². The molecule has 0 radical (unpaired) electrons. The topological polar surface area (TPSA) is 64.4 Å². The van der Waals surface area contributed by atoms with E-state index in [9.17, 15) is 9.59 Å². The van der Waals surface area contributed by atoms with Gasteiger partial charge in [0.15, 0.2) is 0 Å². The van der Waals surface area contributed by atoms with Gasteiger partial charge in [0.25, 0.3) is 5.56 Å². The lowest BCUT2D eigenvalue weighted by Gasteiger charge is -2.35. The number of hydrogen-bond donors (Lipinski definition) is 0. The lowest BCUT2D eigenvalue weighted by molar-refractivity contribution is -0.134. The number of carbonyl (C=O) groups excluding carboxylic acids is 1. The third-order valence-corrected chi connectivity index (χ3v) is 7.53. The maximum Gasteiger partial charge on any atom is 0.266 e. The monoisotopic (exact) mass is 559 g/mol. The molecular formula is C36H37N3O3. The van der Waals surface area contributed by atoms with Crippen molar-refractivity contribution in [2.75, 3.05) is 13.2 Å². The van der Waals surface area contributed by atoms with Crippen LogP contribution in [0.1, 0.15) is 62.5 Å². The van der Waals surface area contributed by atoms with E-state index in [-0.39, 0.29) is 11.5 Å². The fourth-order valence-electron chi connectivity index (χ4n) is 5.62. The van der Waals surface area contributed by atoms with Crippen LogP contribution in [0.25, 0.3) is 16.6 Å². The first-order chi connectivity index (χ1) is 20.6. The van der Waals surface area contributed by atoms with E-state index in [0.29, 0.717) is 42.0 Å². The van der Waals surface area contributed by atoms with Gasteiger partial charge in [-0.25, -0.2) is 4.98 Å². The number of amides is 1. The molecule has 0 bridgehead atoms. The summed E-state index contributed by atoms with van der Waals surface area (Å²) >= 11 is 0. The minimum absolute atomic E-state index is 0.0123. The van der Waals surface area contributed by atoms with Crippen LogP contribution >= 0.6 is 0 Å². The molecule has 4 aromatic carbocycles. The standard InChI is InChI=1S/C36H37N3O3/c1-4-25-38(36(41)33(26-15-9-7-10-16-26)27-17-11-8-12-18-27)32(5-2)34-37-31-20-14-13-19-30(31)35(40)39(34)28-21-23-29(24-22-28)42-6-3/h7-24,32-33H,4-6,25H2,1-3H3. The van der Waals surface area contributed by atoms with Gasteiger partial charge >= 0.3 is 0 Å². The van der Waals surface area contributed by atoms with Crippen LogP contribution in [0.15, 0.2) is 114 Å². The minimum Gasteiger partial charge on any atom is -0.494 e. The third-order valence-electron chi connectivity index (χ3n) is 7.53. The summed E-state index contributed by atoms with van der Waals surface area (Å²) in [6.07, 6.45) is 1.35. The summed E-state index contributed by atoms with van der Waals surface area (Å²) in [6.45, 7) is 7.13. The van der Waals surface area contributed by atoms with E-state index in [1.807, 2.05) is 122 Å². The quantitative estimate of drug-likeness (QED) is 0.170. The molecule has 6 heteroatoms. The van der Waals surface area contributed by atoms with Crippen molar-refractivity contribution in [2.24, 2.45) is 0 Å². The number of fused-ring (bicyclic) bond motifs is 1. The van der Waals surface area contributed by atoms with Gasteiger partial charge in [-0.2, -0.15) is 0 Å². The number of carbonyl (C=O) groups is 1. The lowest BCUT2D eigenvalue weighted by Crippen LogP contribution is -2.41. The molecule has 5 aromatic rings. The number of rotatable bonds is 11. The predicted molar refractivity (Wildman–Crippen MR) is 168 cm³/mol. The van der Waals surface area contributed by atoms with Crippen LogP contribution in [0.4, 0.5) is 0 Å². The zero-order valence-electron chi connectivity index (χ0n) is 24.4. The Hall–Kier alpha value is -4.71. The van der Waals surface area contributed by atoms with Crippen LogP contribution in [-0.4, -0.2) is 33.5 Å². The molecule has 0 fully saturated rings. The molecule has 6 nitrogen and oxygen atoms in total. The van der Waals surface area contributed by atoms with E-state index in [0.717, 1.165) is 23.3 Å². The van der Waals surface area contributed by atoms with Crippen LogP contribution in [0.5, 0.6) is 5.75 Å². The van der Waals surface area contributed by atoms with Gasteiger partial charge in [0.2, 0.25) is 5.91 Å².